The van der Waals surface area contributed by atoms with Crippen LogP contribution in [-0.4, -0.2) is 40.5 Å². The Balaban J connectivity index is 2.33. The smallest absolute Gasteiger partial charge is 0.323 e. The van der Waals surface area contributed by atoms with Gasteiger partial charge in [-0.25, -0.2) is 4.98 Å². The molecule has 0 aliphatic heterocycles. The number of hydrogen-bond acceptors (Lipinski definition) is 4. The Kier molecular flexibility index (Phi) is 5.10. The number of anilines is 1. The summed E-state index contributed by atoms with van der Waals surface area (Å²) < 4.78 is 0. The fraction of sp³-hybridized carbons (Fsp3) is 0.417. The molecular weight excluding hydrogens is 234 g/mol. The fourth-order valence-electron chi connectivity index (χ4n) is 1.58. The number of nitrogen functional groups attached to an aromatic ring is 1. The van der Waals surface area contributed by atoms with Crippen molar-refractivity contribution in [2.45, 2.75) is 19.3 Å². The minimum absolute atomic E-state index is 0.167. The molecule has 0 aromatic carbocycles. The van der Waals surface area contributed by atoms with Crippen molar-refractivity contribution in [1.82, 2.24) is 9.88 Å². The number of likely N-dealkylation sites (N-methyl/N-ethyl adjacent to an activating group) is 1. The lowest BCUT2D eigenvalue weighted by Crippen LogP contribution is -2.31. The second-order valence-corrected chi connectivity index (χ2v) is 4.09. The topological polar surface area (TPSA) is 96.5 Å². The van der Waals surface area contributed by atoms with E-state index < -0.39 is 5.97 Å². The predicted molar refractivity (Wildman–Crippen MR) is 66.9 cm³/mol. The number of aryl methyl sites for hydroxylation is 1. The quantitative estimate of drug-likeness (QED) is 0.768. The van der Waals surface area contributed by atoms with Gasteiger partial charge in [-0.2, -0.15) is 0 Å². The van der Waals surface area contributed by atoms with Crippen molar-refractivity contribution >= 4 is 17.7 Å². The van der Waals surface area contributed by atoms with Gasteiger partial charge in [0.1, 0.15) is 12.4 Å². The van der Waals surface area contributed by atoms with Crippen molar-refractivity contribution in [1.29, 1.82) is 0 Å². The Morgan fingerprint density at radius 2 is 2.22 bits per heavy atom. The van der Waals surface area contributed by atoms with E-state index in [9.17, 15) is 9.59 Å². The summed E-state index contributed by atoms with van der Waals surface area (Å²) in [5.74, 6) is -0.714. The Labute approximate surface area is 105 Å². The van der Waals surface area contributed by atoms with Crippen LogP contribution >= 0.6 is 0 Å². The first-order chi connectivity index (χ1) is 8.49. The molecule has 0 atom stereocenters. The first-order valence-corrected chi connectivity index (χ1v) is 5.65. The Morgan fingerprint density at radius 1 is 1.50 bits per heavy atom. The van der Waals surface area contributed by atoms with E-state index in [1.165, 1.54) is 11.9 Å². The normalized spacial score (nSPS) is 10.1. The molecule has 3 N–H and O–H groups in total. The number of nitrogens with zero attached hydrogens (tertiary/aromatic N) is 2. The second-order valence-electron chi connectivity index (χ2n) is 4.09. The van der Waals surface area contributed by atoms with Gasteiger partial charge < -0.3 is 15.7 Å². The highest BCUT2D eigenvalue weighted by Gasteiger charge is 2.11. The SMILES string of the molecule is CN(CC(=O)O)C(=O)CCCc1ccnc(N)c1. The van der Waals surface area contributed by atoms with Crippen LogP contribution in [0.5, 0.6) is 0 Å². The maximum absolute atomic E-state index is 11.6. The van der Waals surface area contributed by atoms with Crippen molar-refractivity contribution < 1.29 is 14.7 Å². The molecule has 1 rings (SSSR count). The first kappa shape index (κ1) is 14.0. The lowest BCUT2D eigenvalue weighted by Gasteiger charge is -2.14. The summed E-state index contributed by atoms with van der Waals surface area (Å²) in [6, 6.07) is 3.62. The summed E-state index contributed by atoms with van der Waals surface area (Å²) in [4.78, 5) is 27.1. The summed E-state index contributed by atoms with van der Waals surface area (Å²) in [5.41, 5.74) is 6.57. The lowest BCUT2D eigenvalue weighted by atomic mass is 10.1. The average Bonchev–Trinajstić information content (AvgIpc) is 2.28. The Hall–Kier alpha value is -2.11. The molecule has 1 heterocycles. The van der Waals surface area contributed by atoms with Crippen LogP contribution in [0.1, 0.15) is 18.4 Å². The number of amides is 1. The van der Waals surface area contributed by atoms with Gasteiger partial charge in [0, 0.05) is 19.7 Å². The third kappa shape index (κ3) is 4.82. The highest BCUT2D eigenvalue weighted by atomic mass is 16.4. The van der Waals surface area contributed by atoms with Crippen LogP contribution in [0, 0.1) is 0 Å². The zero-order valence-corrected chi connectivity index (χ0v) is 10.3. The van der Waals surface area contributed by atoms with Crippen molar-refractivity contribution in [3.63, 3.8) is 0 Å². The molecule has 6 nitrogen and oxygen atoms in total. The first-order valence-electron chi connectivity index (χ1n) is 5.65. The fourth-order valence-corrected chi connectivity index (χ4v) is 1.58. The highest BCUT2D eigenvalue weighted by molar-refractivity contribution is 5.80. The lowest BCUT2D eigenvalue weighted by molar-refractivity contribution is -0.143. The molecule has 1 aromatic heterocycles. The third-order valence-electron chi connectivity index (χ3n) is 2.50. The molecule has 1 aromatic rings. The van der Waals surface area contributed by atoms with E-state index >= 15 is 0 Å². The van der Waals surface area contributed by atoms with Gasteiger partial charge in [0.15, 0.2) is 0 Å². The molecule has 0 aliphatic carbocycles. The largest absolute Gasteiger partial charge is 0.480 e. The van der Waals surface area contributed by atoms with E-state index in [4.69, 9.17) is 10.8 Å². The van der Waals surface area contributed by atoms with E-state index in [1.54, 1.807) is 12.3 Å². The van der Waals surface area contributed by atoms with Gasteiger partial charge in [0.05, 0.1) is 0 Å². The molecule has 0 fully saturated rings. The second kappa shape index (κ2) is 6.58. The van der Waals surface area contributed by atoms with E-state index in [2.05, 4.69) is 4.98 Å². The van der Waals surface area contributed by atoms with Crippen LogP contribution in [0.2, 0.25) is 0 Å². The number of nitrogens with two attached hydrogens (primary N) is 1. The van der Waals surface area contributed by atoms with Crippen LogP contribution in [-0.2, 0) is 16.0 Å². The average molecular weight is 251 g/mol. The van der Waals surface area contributed by atoms with Gasteiger partial charge >= 0.3 is 5.97 Å². The summed E-state index contributed by atoms with van der Waals surface area (Å²) in [7, 11) is 1.49. The van der Waals surface area contributed by atoms with Gasteiger partial charge in [-0.3, -0.25) is 9.59 Å². The zero-order valence-electron chi connectivity index (χ0n) is 10.3. The predicted octanol–water partition coefficient (Wildman–Crippen LogP) is 0.529. The maximum Gasteiger partial charge on any atom is 0.323 e. The number of hydrogen-bond donors (Lipinski definition) is 2. The summed E-state index contributed by atoms with van der Waals surface area (Å²) in [6.07, 6.45) is 3.33. The summed E-state index contributed by atoms with van der Waals surface area (Å²) >= 11 is 0. The van der Waals surface area contributed by atoms with E-state index in [0.29, 0.717) is 18.7 Å². The number of carbonyl (C=O) groups is 2. The number of aromatic nitrogens is 1. The number of rotatable bonds is 6. The standard InChI is InChI=1S/C12H17N3O3/c1-15(8-12(17)18)11(16)4-2-3-9-5-6-14-10(13)7-9/h5-7H,2-4,8H2,1H3,(H2,13,14)(H,17,18). The third-order valence-corrected chi connectivity index (χ3v) is 2.50. The molecule has 0 radical (unpaired) electrons. The van der Waals surface area contributed by atoms with Gasteiger partial charge in [-0.15, -0.1) is 0 Å². The maximum atomic E-state index is 11.6. The van der Waals surface area contributed by atoms with Gasteiger partial charge in [0.25, 0.3) is 0 Å². The number of pyridine rings is 1. The number of carbonyl (C=O) groups excluding carboxylic acids is 1. The molecule has 0 saturated carbocycles. The van der Waals surface area contributed by atoms with E-state index in [1.807, 2.05) is 6.07 Å². The number of carboxylic acid groups (broad SMARTS) is 1. The van der Waals surface area contributed by atoms with Crippen LogP contribution in [0.25, 0.3) is 0 Å². The van der Waals surface area contributed by atoms with Crippen molar-refractivity contribution in [3.05, 3.63) is 23.9 Å². The number of carboxylic acids is 1. The van der Waals surface area contributed by atoms with E-state index in [0.717, 1.165) is 12.0 Å². The van der Waals surface area contributed by atoms with Crippen LogP contribution in [0.15, 0.2) is 18.3 Å². The molecule has 0 aliphatic rings. The minimum atomic E-state index is -1.01. The van der Waals surface area contributed by atoms with Gasteiger partial charge in [0.2, 0.25) is 5.91 Å². The van der Waals surface area contributed by atoms with Crippen LogP contribution in [0.3, 0.4) is 0 Å². The Morgan fingerprint density at radius 3 is 2.83 bits per heavy atom. The molecule has 18 heavy (non-hydrogen) atoms. The highest BCUT2D eigenvalue weighted by Crippen LogP contribution is 2.08. The molecule has 0 bridgehead atoms. The molecule has 1 amide bonds. The van der Waals surface area contributed by atoms with Crippen molar-refractivity contribution in [3.8, 4) is 0 Å². The van der Waals surface area contributed by atoms with Gasteiger partial charge in [-0.05, 0) is 30.5 Å². The van der Waals surface area contributed by atoms with Crippen molar-refractivity contribution in [2.24, 2.45) is 0 Å². The van der Waals surface area contributed by atoms with E-state index in [-0.39, 0.29) is 12.5 Å². The van der Waals surface area contributed by atoms with Crippen LogP contribution in [0.4, 0.5) is 5.82 Å². The number of aliphatic carboxylic acids is 1. The molecule has 0 spiro atoms. The monoisotopic (exact) mass is 251 g/mol. The summed E-state index contributed by atoms with van der Waals surface area (Å²) in [6.45, 7) is -0.263. The summed E-state index contributed by atoms with van der Waals surface area (Å²) in [5, 5.41) is 8.55. The molecular formula is C12H17N3O3. The Bertz CT molecular complexity index is 434. The molecule has 0 saturated heterocycles. The minimum Gasteiger partial charge on any atom is -0.480 e. The molecule has 98 valence electrons. The zero-order chi connectivity index (χ0) is 13.5. The molecule has 6 heteroatoms. The molecule has 0 unspecified atom stereocenters. The van der Waals surface area contributed by atoms with Crippen molar-refractivity contribution in [2.75, 3.05) is 19.3 Å². The van der Waals surface area contributed by atoms with Gasteiger partial charge in [-0.1, -0.05) is 0 Å². The van der Waals surface area contributed by atoms with Crippen LogP contribution < -0.4 is 5.73 Å².